The van der Waals surface area contributed by atoms with Crippen molar-refractivity contribution in [1.82, 2.24) is 0 Å². The van der Waals surface area contributed by atoms with Crippen LogP contribution in [0.1, 0.15) is 22.3 Å². The zero-order valence-corrected chi connectivity index (χ0v) is 12.8. The van der Waals surface area contributed by atoms with E-state index in [1.54, 1.807) is 36.4 Å². The molecule has 2 aromatic rings. The first-order valence-electron chi connectivity index (χ1n) is 6.68. The van der Waals surface area contributed by atoms with Crippen LogP contribution in [0.5, 0.6) is 0 Å². The van der Waals surface area contributed by atoms with Gasteiger partial charge in [0.15, 0.2) is 0 Å². The Morgan fingerprint density at radius 1 is 1.32 bits per heavy atom. The lowest BCUT2D eigenvalue weighted by atomic mass is 10.1. The van der Waals surface area contributed by atoms with Crippen LogP contribution < -0.4 is 0 Å². The molecule has 0 saturated heterocycles. The van der Waals surface area contributed by atoms with E-state index >= 15 is 0 Å². The summed E-state index contributed by atoms with van der Waals surface area (Å²) in [5.74, 6) is -0.445. The molecule has 0 saturated carbocycles. The standard InChI is InChI=1S/C18H14ClNO2/c1-13-5-6-14(10-17(13)19)7-8-18(21)22-12-16-4-2-3-15(9-16)11-20/h2-10H,12H2,1H3/b8-7+. The summed E-state index contributed by atoms with van der Waals surface area (Å²) in [5.41, 5.74) is 3.13. The molecule has 0 aromatic heterocycles. The maximum absolute atomic E-state index is 11.7. The van der Waals surface area contributed by atoms with Crippen LogP contribution in [0, 0.1) is 18.3 Å². The third-order valence-corrected chi connectivity index (χ3v) is 3.45. The molecule has 2 aromatic carbocycles. The molecule has 0 bridgehead atoms. The van der Waals surface area contributed by atoms with Crippen LogP contribution in [0.3, 0.4) is 0 Å². The van der Waals surface area contributed by atoms with Crippen molar-refractivity contribution in [3.8, 4) is 6.07 Å². The monoisotopic (exact) mass is 311 g/mol. The summed E-state index contributed by atoms with van der Waals surface area (Å²) in [6.45, 7) is 2.05. The molecule has 0 unspecified atom stereocenters. The van der Waals surface area contributed by atoms with Gasteiger partial charge in [0.25, 0.3) is 0 Å². The molecule has 0 aliphatic carbocycles. The molecule has 3 nitrogen and oxygen atoms in total. The lowest BCUT2D eigenvalue weighted by molar-refractivity contribution is -0.138. The van der Waals surface area contributed by atoms with Crippen LogP contribution in [-0.2, 0) is 16.1 Å². The largest absolute Gasteiger partial charge is 0.458 e. The SMILES string of the molecule is Cc1ccc(/C=C/C(=O)OCc2cccc(C#N)c2)cc1Cl. The first kappa shape index (κ1) is 15.8. The fraction of sp³-hybridized carbons (Fsp3) is 0.111. The van der Waals surface area contributed by atoms with Crippen LogP contribution in [0.2, 0.25) is 5.02 Å². The second-order valence-corrected chi connectivity index (χ2v) is 5.17. The third-order valence-electron chi connectivity index (χ3n) is 3.04. The van der Waals surface area contributed by atoms with Crippen molar-refractivity contribution in [1.29, 1.82) is 5.26 Å². The van der Waals surface area contributed by atoms with E-state index in [4.69, 9.17) is 21.6 Å². The van der Waals surface area contributed by atoms with Crippen molar-refractivity contribution in [3.63, 3.8) is 0 Å². The number of esters is 1. The highest BCUT2D eigenvalue weighted by molar-refractivity contribution is 6.31. The molecule has 22 heavy (non-hydrogen) atoms. The number of aryl methyl sites for hydroxylation is 1. The minimum Gasteiger partial charge on any atom is -0.458 e. The fourth-order valence-electron chi connectivity index (χ4n) is 1.81. The second kappa shape index (κ2) is 7.44. The number of carbonyl (C=O) groups is 1. The van der Waals surface area contributed by atoms with Gasteiger partial charge in [-0.05, 0) is 47.9 Å². The summed E-state index contributed by atoms with van der Waals surface area (Å²) in [6.07, 6.45) is 3.01. The van der Waals surface area contributed by atoms with E-state index in [-0.39, 0.29) is 6.61 Å². The van der Waals surface area contributed by atoms with Gasteiger partial charge in [-0.3, -0.25) is 0 Å². The molecule has 4 heteroatoms. The number of halogens is 1. The van der Waals surface area contributed by atoms with Crippen molar-refractivity contribution in [3.05, 3.63) is 75.8 Å². The quantitative estimate of drug-likeness (QED) is 0.625. The summed E-state index contributed by atoms with van der Waals surface area (Å²) < 4.78 is 5.14. The molecular formula is C18H14ClNO2. The topological polar surface area (TPSA) is 50.1 Å². The molecular weight excluding hydrogens is 298 g/mol. The first-order chi connectivity index (χ1) is 10.6. The van der Waals surface area contributed by atoms with Crippen molar-refractivity contribution < 1.29 is 9.53 Å². The zero-order valence-electron chi connectivity index (χ0n) is 12.0. The van der Waals surface area contributed by atoms with E-state index in [1.165, 1.54) is 6.08 Å². The van der Waals surface area contributed by atoms with Crippen molar-refractivity contribution in [2.24, 2.45) is 0 Å². The highest BCUT2D eigenvalue weighted by atomic mass is 35.5. The highest BCUT2D eigenvalue weighted by Crippen LogP contribution is 2.17. The van der Waals surface area contributed by atoms with Gasteiger partial charge in [-0.25, -0.2) is 4.79 Å². The Labute approximate surface area is 134 Å². The van der Waals surface area contributed by atoms with Gasteiger partial charge in [0, 0.05) is 11.1 Å². The van der Waals surface area contributed by atoms with Crippen LogP contribution >= 0.6 is 11.6 Å². The maximum Gasteiger partial charge on any atom is 0.331 e. The smallest absolute Gasteiger partial charge is 0.331 e. The number of nitriles is 1. The summed E-state index contributed by atoms with van der Waals surface area (Å²) in [7, 11) is 0. The Balaban J connectivity index is 1.93. The Morgan fingerprint density at radius 3 is 2.86 bits per heavy atom. The molecule has 110 valence electrons. The van der Waals surface area contributed by atoms with Crippen LogP contribution in [0.4, 0.5) is 0 Å². The average molecular weight is 312 g/mol. The molecule has 0 spiro atoms. The van der Waals surface area contributed by atoms with Crippen LogP contribution in [0.15, 0.2) is 48.5 Å². The van der Waals surface area contributed by atoms with Gasteiger partial charge >= 0.3 is 5.97 Å². The minimum atomic E-state index is -0.445. The van der Waals surface area contributed by atoms with E-state index < -0.39 is 5.97 Å². The summed E-state index contributed by atoms with van der Waals surface area (Å²) in [4.78, 5) is 11.7. The molecule has 0 radical (unpaired) electrons. The normalized spacial score (nSPS) is 10.4. The van der Waals surface area contributed by atoms with E-state index in [2.05, 4.69) is 0 Å². The molecule has 0 amide bonds. The number of carbonyl (C=O) groups excluding carboxylic acids is 1. The van der Waals surface area contributed by atoms with Crippen molar-refractivity contribution >= 4 is 23.6 Å². The Bertz CT molecular complexity index is 760. The van der Waals surface area contributed by atoms with Gasteiger partial charge in [0.05, 0.1) is 11.6 Å². The lowest BCUT2D eigenvalue weighted by Gasteiger charge is -2.03. The Morgan fingerprint density at radius 2 is 2.14 bits per heavy atom. The number of hydrogen-bond donors (Lipinski definition) is 0. The predicted octanol–water partition coefficient (Wildman–Crippen LogP) is 4.28. The van der Waals surface area contributed by atoms with Gasteiger partial charge < -0.3 is 4.74 Å². The summed E-state index contributed by atoms with van der Waals surface area (Å²) in [5, 5.41) is 9.47. The van der Waals surface area contributed by atoms with Crippen molar-refractivity contribution in [2.45, 2.75) is 13.5 Å². The highest BCUT2D eigenvalue weighted by Gasteiger charge is 2.01. The number of hydrogen-bond acceptors (Lipinski definition) is 3. The predicted molar refractivity (Wildman–Crippen MR) is 86.2 cm³/mol. The number of ether oxygens (including phenoxy) is 1. The van der Waals surface area contributed by atoms with Crippen molar-refractivity contribution in [2.75, 3.05) is 0 Å². The van der Waals surface area contributed by atoms with Crippen LogP contribution in [0.25, 0.3) is 6.08 Å². The average Bonchev–Trinajstić information content (AvgIpc) is 2.54. The summed E-state index contributed by atoms with van der Waals surface area (Å²) >= 11 is 6.02. The Kier molecular flexibility index (Phi) is 5.35. The molecule has 0 heterocycles. The fourth-order valence-corrected chi connectivity index (χ4v) is 2.00. The van der Waals surface area contributed by atoms with E-state index in [1.807, 2.05) is 25.1 Å². The number of benzene rings is 2. The minimum absolute atomic E-state index is 0.132. The van der Waals surface area contributed by atoms with E-state index in [0.717, 1.165) is 16.7 Å². The number of rotatable bonds is 4. The van der Waals surface area contributed by atoms with E-state index in [9.17, 15) is 4.79 Å². The second-order valence-electron chi connectivity index (χ2n) is 4.76. The van der Waals surface area contributed by atoms with Gasteiger partial charge in [0.2, 0.25) is 0 Å². The number of nitrogens with zero attached hydrogens (tertiary/aromatic N) is 1. The van der Waals surface area contributed by atoms with Gasteiger partial charge in [-0.2, -0.15) is 5.26 Å². The molecule has 0 aliphatic rings. The molecule has 2 rings (SSSR count). The molecule has 0 atom stereocenters. The van der Waals surface area contributed by atoms with Gasteiger partial charge in [-0.1, -0.05) is 35.9 Å². The molecule has 0 aliphatic heterocycles. The molecule has 0 N–H and O–H groups in total. The lowest BCUT2D eigenvalue weighted by Crippen LogP contribution is -2.00. The third kappa shape index (κ3) is 4.47. The first-order valence-corrected chi connectivity index (χ1v) is 7.06. The summed E-state index contributed by atoms with van der Waals surface area (Å²) in [6, 6.07) is 14.6. The van der Waals surface area contributed by atoms with E-state index in [0.29, 0.717) is 10.6 Å². The molecule has 0 fully saturated rings. The van der Waals surface area contributed by atoms with Gasteiger partial charge in [0.1, 0.15) is 6.61 Å². The zero-order chi connectivity index (χ0) is 15.9. The van der Waals surface area contributed by atoms with Crippen LogP contribution in [-0.4, -0.2) is 5.97 Å². The van der Waals surface area contributed by atoms with Gasteiger partial charge in [-0.15, -0.1) is 0 Å². The maximum atomic E-state index is 11.7. The Hall–Kier alpha value is -2.57.